The summed E-state index contributed by atoms with van der Waals surface area (Å²) in [5.41, 5.74) is -0.817. The van der Waals surface area contributed by atoms with E-state index in [1.165, 1.54) is 13.2 Å². The van der Waals surface area contributed by atoms with Crippen molar-refractivity contribution in [2.24, 2.45) is 0 Å². The Labute approximate surface area is 129 Å². The Kier molecular flexibility index (Phi) is 3.81. The number of aromatic nitrogens is 2. The van der Waals surface area contributed by atoms with Gasteiger partial charge in [-0.25, -0.2) is 13.5 Å². The van der Waals surface area contributed by atoms with Crippen LogP contribution in [0.25, 0.3) is 5.69 Å². The van der Waals surface area contributed by atoms with Gasteiger partial charge in [-0.2, -0.15) is 5.10 Å². The summed E-state index contributed by atoms with van der Waals surface area (Å²) in [5, 5.41) is 6.60. The van der Waals surface area contributed by atoms with Gasteiger partial charge in [0, 0.05) is 12.1 Å². The van der Waals surface area contributed by atoms with Crippen molar-refractivity contribution in [1.29, 1.82) is 0 Å². The third-order valence-electron chi connectivity index (χ3n) is 3.38. The normalized spacial score (nSPS) is 13.7. The van der Waals surface area contributed by atoms with Gasteiger partial charge in [-0.1, -0.05) is 0 Å². The first-order valence-electron chi connectivity index (χ1n) is 6.94. The van der Waals surface area contributed by atoms with Crippen molar-refractivity contribution in [3.05, 3.63) is 51.8 Å². The SMILES string of the molecule is COc1cc(=O)c(C(=O)NC2CC2)nn1-c1ccc(F)c(F)c1. The summed E-state index contributed by atoms with van der Waals surface area (Å²) in [5.74, 6) is -2.69. The van der Waals surface area contributed by atoms with Gasteiger partial charge in [0.05, 0.1) is 18.9 Å². The second-order valence-electron chi connectivity index (χ2n) is 5.16. The summed E-state index contributed by atoms with van der Waals surface area (Å²) in [6, 6.07) is 4.23. The van der Waals surface area contributed by atoms with Crippen molar-refractivity contribution in [1.82, 2.24) is 15.1 Å². The fourth-order valence-electron chi connectivity index (χ4n) is 2.03. The molecule has 23 heavy (non-hydrogen) atoms. The maximum atomic E-state index is 13.4. The number of hydrogen-bond acceptors (Lipinski definition) is 4. The molecule has 1 N–H and O–H groups in total. The van der Waals surface area contributed by atoms with Crippen molar-refractivity contribution in [3.63, 3.8) is 0 Å². The van der Waals surface area contributed by atoms with Crippen LogP contribution in [0.5, 0.6) is 5.88 Å². The summed E-state index contributed by atoms with van der Waals surface area (Å²) in [6.07, 6.45) is 1.72. The first-order chi connectivity index (χ1) is 11.0. The molecule has 2 aromatic rings. The van der Waals surface area contributed by atoms with Gasteiger partial charge in [0.25, 0.3) is 5.91 Å². The molecule has 1 saturated carbocycles. The van der Waals surface area contributed by atoms with Crippen LogP contribution < -0.4 is 15.5 Å². The van der Waals surface area contributed by atoms with Crippen LogP contribution in [0.2, 0.25) is 0 Å². The molecule has 0 bridgehead atoms. The lowest BCUT2D eigenvalue weighted by Gasteiger charge is -2.12. The Hall–Kier alpha value is -2.77. The lowest BCUT2D eigenvalue weighted by molar-refractivity contribution is 0.0943. The molecule has 0 aliphatic heterocycles. The number of methoxy groups -OCH3 is 1. The van der Waals surface area contributed by atoms with Crippen molar-refractivity contribution < 1.29 is 18.3 Å². The molecule has 1 aromatic carbocycles. The van der Waals surface area contributed by atoms with Gasteiger partial charge >= 0.3 is 0 Å². The number of amides is 1. The van der Waals surface area contributed by atoms with Crippen LogP contribution in [-0.2, 0) is 0 Å². The molecule has 1 fully saturated rings. The minimum atomic E-state index is -1.07. The molecule has 0 saturated heterocycles. The standard InChI is InChI=1S/C15H13F2N3O3/c1-23-13-7-12(21)14(15(22)18-8-2-3-8)19-20(13)9-4-5-10(16)11(17)6-9/h4-8H,2-3H2,1H3,(H,18,22). The Balaban J connectivity index is 2.08. The second-order valence-corrected chi connectivity index (χ2v) is 5.16. The van der Waals surface area contributed by atoms with Crippen LogP contribution >= 0.6 is 0 Å². The molecule has 1 aromatic heterocycles. The molecule has 0 atom stereocenters. The number of hydrogen-bond donors (Lipinski definition) is 1. The van der Waals surface area contributed by atoms with E-state index in [2.05, 4.69) is 10.4 Å². The highest BCUT2D eigenvalue weighted by Gasteiger charge is 2.26. The van der Waals surface area contributed by atoms with Crippen LogP contribution in [-0.4, -0.2) is 28.8 Å². The highest BCUT2D eigenvalue weighted by atomic mass is 19.2. The zero-order valence-corrected chi connectivity index (χ0v) is 12.2. The minimum Gasteiger partial charge on any atom is -0.481 e. The smallest absolute Gasteiger partial charge is 0.276 e. The van der Waals surface area contributed by atoms with Crippen LogP contribution in [0, 0.1) is 11.6 Å². The van der Waals surface area contributed by atoms with E-state index in [0.29, 0.717) is 0 Å². The van der Waals surface area contributed by atoms with Crippen LogP contribution in [0.15, 0.2) is 29.1 Å². The average Bonchev–Trinajstić information content (AvgIpc) is 3.33. The Morgan fingerprint density at radius 3 is 2.65 bits per heavy atom. The van der Waals surface area contributed by atoms with E-state index in [4.69, 9.17) is 4.74 Å². The largest absolute Gasteiger partial charge is 0.481 e. The fraction of sp³-hybridized carbons (Fsp3) is 0.267. The molecular weight excluding hydrogens is 308 g/mol. The molecule has 3 rings (SSSR count). The number of carbonyl (C=O) groups excluding carboxylic acids is 1. The number of rotatable bonds is 4. The van der Waals surface area contributed by atoms with E-state index in [-0.39, 0.29) is 23.3 Å². The number of ether oxygens (including phenoxy) is 1. The van der Waals surface area contributed by atoms with Crippen molar-refractivity contribution in [3.8, 4) is 11.6 Å². The molecule has 6 nitrogen and oxygen atoms in total. The molecule has 1 amide bonds. The summed E-state index contributed by atoms with van der Waals surface area (Å²) in [4.78, 5) is 24.1. The van der Waals surface area contributed by atoms with E-state index < -0.39 is 23.0 Å². The third-order valence-corrected chi connectivity index (χ3v) is 3.38. The summed E-state index contributed by atoms with van der Waals surface area (Å²) < 4.78 is 32.6. The van der Waals surface area contributed by atoms with E-state index >= 15 is 0 Å². The third kappa shape index (κ3) is 3.05. The van der Waals surface area contributed by atoms with Crippen LogP contribution in [0.4, 0.5) is 8.78 Å². The van der Waals surface area contributed by atoms with Gasteiger partial charge in [0.1, 0.15) is 0 Å². The van der Waals surface area contributed by atoms with Crippen molar-refractivity contribution in [2.75, 3.05) is 7.11 Å². The van der Waals surface area contributed by atoms with E-state index in [1.807, 2.05) is 0 Å². The first kappa shape index (κ1) is 15.1. The van der Waals surface area contributed by atoms with E-state index in [0.717, 1.165) is 35.7 Å². The number of benzene rings is 1. The molecule has 1 aliphatic rings. The zero-order chi connectivity index (χ0) is 16.6. The van der Waals surface area contributed by atoms with Gasteiger partial charge in [-0.15, -0.1) is 0 Å². The number of halogens is 2. The predicted molar refractivity (Wildman–Crippen MR) is 76.8 cm³/mol. The maximum Gasteiger partial charge on any atom is 0.276 e. The number of nitrogens with one attached hydrogen (secondary N) is 1. The second kappa shape index (κ2) is 5.79. The average molecular weight is 321 g/mol. The topological polar surface area (TPSA) is 73.2 Å². The zero-order valence-electron chi connectivity index (χ0n) is 12.2. The molecule has 8 heteroatoms. The van der Waals surface area contributed by atoms with Crippen molar-refractivity contribution >= 4 is 5.91 Å². The fourth-order valence-corrected chi connectivity index (χ4v) is 2.03. The van der Waals surface area contributed by atoms with Crippen molar-refractivity contribution in [2.45, 2.75) is 18.9 Å². The summed E-state index contributed by atoms with van der Waals surface area (Å²) >= 11 is 0. The molecular formula is C15H13F2N3O3. The van der Waals surface area contributed by atoms with Gasteiger partial charge in [-0.3, -0.25) is 9.59 Å². The quantitative estimate of drug-likeness (QED) is 0.924. The van der Waals surface area contributed by atoms with Gasteiger partial charge in [-0.05, 0) is 25.0 Å². The molecule has 120 valence electrons. The lowest BCUT2D eigenvalue weighted by atomic mass is 10.3. The van der Waals surface area contributed by atoms with Gasteiger partial charge < -0.3 is 10.1 Å². The molecule has 1 aliphatic carbocycles. The van der Waals surface area contributed by atoms with E-state index in [1.54, 1.807) is 0 Å². The Bertz CT molecular complexity index is 831. The van der Waals surface area contributed by atoms with Crippen LogP contribution in [0.3, 0.4) is 0 Å². The maximum absolute atomic E-state index is 13.4. The predicted octanol–water partition coefficient (Wildman–Crippen LogP) is 1.41. The van der Waals surface area contributed by atoms with E-state index in [9.17, 15) is 18.4 Å². The highest BCUT2D eigenvalue weighted by Crippen LogP contribution is 2.20. The monoisotopic (exact) mass is 321 g/mol. The Morgan fingerprint density at radius 2 is 2.04 bits per heavy atom. The first-order valence-corrected chi connectivity index (χ1v) is 6.94. The molecule has 0 spiro atoms. The van der Waals surface area contributed by atoms with Gasteiger partial charge in [0.15, 0.2) is 17.3 Å². The van der Waals surface area contributed by atoms with Crippen LogP contribution in [0.1, 0.15) is 23.3 Å². The Morgan fingerprint density at radius 1 is 1.30 bits per heavy atom. The number of carbonyl (C=O) groups is 1. The molecule has 0 radical (unpaired) electrons. The summed E-state index contributed by atoms with van der Waals surface area (Å²) in [7, 11) is 1.30. The minimum absolute atomic E-state index is 0.00369. The lowest BCUT2D eigenvalue weighted by Crippen LogP contribution is -2.32. The molecule has 1 heterocycles. The van der Waals surface area contributed by atoms with Gasteiger partial charge in [0.2, 0.25) is 11.3 Å². The number of nitrogens with zero attached hydrogens (tertiary/aromatic N) is 2. The highest BCUT2D eigenvalue weighted by molar-refractivity contribution is 5.92. The molecule has 0 unspecified atom stereocenters. The summed E-state index contributed by atoms with van der Waals surface area (Å²) in [6.45, 7) is 0.